The van der Waals surface area contributed by atoms with Crippen molar-refractivity contribution in [1.29, 1.82) is 0 Å². The monoisotopic (exact) mass is 489 g/mol. The first-order chi connectivity index (χ1) is 15.7. The Labute approximate surface area is 196 Å². The number of fused-ring (bicyclic) bond motifs is 1. The fraction of sp³-hybridized carbons (Fsp3) is 0.409. The quantitative estimate of drug-likeness (QED) is 0.568. The lowest BCUT2D eigenvalue weighted by Gasteiger charge is -2.33. The molecule has 4 rings (SSSR count). The number of anilines is 1. The van der Waals surface area contributed by atoms with Gasteiger partial charge in [-0.05, 0) is 44.2 Å². The zero-order chi connectivity index (χ0) is 23.8. The van der Waals surface area contributed by atoms with Gasteiger partial charge in [-0.3, -0.25) is 14.2 Å². The topological polar surface area (TPSA) is 105 Å². The molecule has 2 aromatic heterocycles. The van der Waals surface area contributed by atoms with E-state index in [-0.39, 0.29) is 17.0 Å². The first-order valence-corrected chi connectivity index (χ1v) is 13.0. The van der Waals surface area contributed by atoms with Gasteiger partial charge in [0.05, 0.1) is 16.6 Å². The molecule has 0 atom stereocenters. The highest BCUT2D eigenvalue weighted by Gasteiger charge is 2.28. The SMILES string of the molecule is CCN1CCN(S(=O)(=O)c2cccc(NC(=O)Cn3cnc4sc(C)c(C)c4c3=O)c2)CC1. The van der Waals surface area contributed by atoms with Crippen LogP contribution in [0, 0.1) is 13.8 Å². The fourth-order valence-electron chi connectivity index (χ4n) is 3.91. The molecular formula is C22H27N5O4S2. The summed E-state index contributed by atoms with van der Waals surface area (Å²) in [6.45, 7) is 8.81. The number of aryl methyl sites for hydroxylation is 2. The van der Waals surface area contributed by atoms with Gasteiger partial charge in [0.2, 0.25) is 15.9 Å². The van der Waals surface area contributed by atoms with E-state index in [1.54, 1.807) is 12.1 Å². The molecule has 0 saturated carbocycles. The summed E-state index contributed by atoms with van der Waals surface area (Å²) in [5, 5.41) is 3.23. The number of benzene rings is 1. The predicted octanol–water partition coefficient (Wildman–Crippen LogP) is 2.04. The number of aromatic nitrogens is 2. The molecule has 3 heterocycles. The number of rotatable bonds is 6. The molecule has 1 saturated heterocycles. The van der Waals surface area contributed by atoms with Crippen LogP contribution in [0.1, 0.15) is 17.4 Å². The smallest absolute Gasteiger partial charge is 0.262 e. The minimum Gasteiger partial charge on any atom is -0.324 e. The normalized spacial score (nSPS) is 15.7. The lowest BCUT2D eigenvalue weighted by molar-refractivity contribution is -0.116. The zero-order valence-corrected chi connectivity index (χ0v) is 20.5. The number of hydrogen-bond acceptors (Lipinski definition) is 7. The van der Waals surface area contributed by atoms with E-state index in [0.29, 0.717) is 42.1 Å². The number of carbonyl (C=O) groups is 1. The molecule has 0 unspecified atom stereocenters. The van der Waals surface area contributed by atoms with E-state index < -0.39 is 15.9 Å². The maximum Gasteiger partial charge on any atom is 0.262 e. The summed E-state index contributed by atoms with van der Waals surface area (Å²) in [4.78, 5) is 33.8. The minimum atomic E-state index is -3.65. The number of nitrogens with one attached hydrogen (secondary N) is 1. The van der Waals surface area contributed by atoms with Crippen LogP contribution in [0.15, 0.2) is 40.3 Å². The highest BCUT2D eigenvalue weighted by Crippen LogP contribution is 2.25. The molecule has 0 aliphatic carbocycles. The largest absolute Gasteiger partial charge is 0.324 e. The van der Waals surface area contributed by atoms with Gasteiger partial charge in [-0.2, -0.15) is 4.31 Å². The van der Waals surface area contributed by atoms with Crippen LogP contribution in [-0.2, 0) is 21.4 Å². The Morgan fingerprint density at radius 1 is 1.18 bits per heavy atom. The van der Waals surface area contributed by atoms with Crippen LogP contribution in [0.25, 0.3) is 10.2 Å². The van der Waals surface area contributed by atoms with E-state index in [9.17, 15) is 18.0 Å². The van der Waals surface area contributed by atoms with Gasteiger partial charge >= 0.3 is 0 Å². The molecule has 3 aromatic rings. The van der Waals surface area contributed by atoms with Crippen molar-refractivity contribution in [3.8, 4) is 0 Å². The third kappa shape index (κ3) is 4.72. The Morgan fingerprint density at radius 3 is 2.61 bits per heavy atom. The van der Waals surface area contributed by atoms with E-state index >= 15 is 0 Å². The highest BCUT2D eigenvalue weighted by atomic mass is 32.2. The van der Waals surface area contributed by atoms with E-state index in [2.05, 4.69) is 22.1 Å². The van der Waals surface area contributed by atoms with Crippen molar-refractivity contribution in [3.63, 3.8) is 0 Å². The molecule has 176 valence electrons. The summed E-state index contributed by atoms with van der Waals surface area (Å²) in [5.74, 6) is -0.436. The Hall–Kier alpha value is -2.60. The second kappa shape index (κ2) is 9.34. The summed E-state index contributed by atoms with van der Waals surface area (Å²) < 4.78 is 28.9. The van der Waals surface area contributed by atoms with Crippen molar-refractivity contribution < 1.29 is 13.2 Å². The average molecular weight is 490 g/mol. The number of piperazine rings is 1. The number of sulfonamides is 1. The highest BCUT2D eigenvalue weighted by molar-refractivity contribution is 7.89. The molecule has 0 spiro atoms. The van der Waals surface area contributed by atoms with Gasteiger partial charge in [-0.15, -0.1) is 11.3 Å². The number of likely N-dealkylation sites (N-methyl/N-ethyl adjacent to an activating group) is 1. The second-order valence-corrected chi connectivity index (χ2v) is 11.2. The van der Waals surface area contributed by atoms with E-state index in [1.165, 1.54) is 38.7 Å². The van der Waals surface area contributed by atoms with Crippen molar-refractivity contribution in [2.45, 2.75) is 32.2 Å². The maximum atomic E-state index is 13.1. The molecule has 0 radical (unpaired) electrons. The molecule has 0 bridgehead atoms. The average Bonchev–Trinajstić information content (AvgIpc) is 3.10. The van der Waals surface area contributed by atoms with Crippen LogP contribution in [-0.4, -0.2) is 65.8 Å². The molecule has 33 heavy (non-hydrogen) atoms. The Kier molecular flexibility index (Phi) is 6.66. The molecule has 1 aliphatic heterocycles. The molecule has 9 nitrogen and oxygen atoms in total. The lowest BCUT2D eigenvalue weighted by Crippen LogP contribution is -2.48. The van der Waals surface area contributed by atoms with Crippen LogP contribution < -0.4 is 10.9 Å². The van der Waals surface area contributed by atoms with Gasteiger partial charge < -0.3 is 10.2 Å². The van der Waals surface area contributed by atoms with Crippen molar-refractivity contribution in [3.05, 3.63) is 51.4 Å². The van der Waals surface area contributed by atoms with Crippen LogP contribution in [0.2, 0.25) is 0 Å². The first kappa shape index (κ1) is 23.6. The molecular weight excluding hydrogens is 462 g/mol. The Bertz CT molecular complexity index is 1350. The van der Waals surface area contributed by atoms with Crippen molar-refractivity contribution in [2.24, 2.45) is 0 Å². The first-order valence-electron chi connectivity index (χ1n) is 10.8. The standard InChI is InChI=1S/C22H27N5O4S2/c1-4-25-8-10-27(11-9-25)33(30,31)18-7-5-6-17(12-18)24-19(28)13-26-14-23-21-20(22(26)29)15(2)16(3)32-21/h5-7,12,14H,4,8-11,13H2,1-3H3,(H,24,28). The van der Waals surface area contributed by atoms with E-state index in [1.807, 2.05) is 13.8 Å². The summed E-state index contributed by atoms with van der Waals surface area (Å²) >= 11 is 1.45. The van der Waals surface area contributed by atoms with Gasteiger partial charge in [0.1, 0.15) is 11.4 Å². The summed E-state index contributed by atoms with van der Waals surface area (Å²) in [6.07, 6.45) is 1.37. The number of nitrogens with zero attached hydrogens (tertiary/aromatic N) is 4. The van der Waals surface area contributed by atoms with Gasteiger partial charge in [0.15, 0.2) is 0 Å². The molecule has 1 aromatic carbocycles. The van der Waals surface area contributed by atoms with Crippen LogP contribution >= 0.6 is 11.3 Å². The van der Waals surface area contributed by atoms with Crippen molar-refractivity contribution in [2.75, 3.05) is 38.0 Å². The number of hydrogen-bond donors (Lipinski definition) is 1. The molecule has 1 fully saturated rings. The third-order valence-corrected chi connectivity index (χ3v) is 9.01. The number of amides is 1. The van der Waals surface area contributed by atoms with Gasteiger partial charge in [0.25, 0.3) is 5.56 Å². The third-order valence-electron chi connectivity index (χ3n) is 6.00. The van der Waals surface area contributed by atoms with Crippen LogP contribution in [0.3, 0.4) is 0 Å². The van der Waals surface area contributed by atoms with Crippen molar-refractivity contribution in [1.82, 2.24) is 18.8 Å². The lowest BCUT2D eigenvalue weighted by atomic mass is 10.2. The Morgan fingerprint density at radius 2 is 1.91 bits per heavy atom. The summed E-state index contributed by atoms with van der Waals surface area (Å²) in [7, 11) is -3.65. The van der Waals surface area contributed by atoms with Crippen LogP contribution in [0.5, 0.6) is 0 Å². The second-order valence-electron chi connectivity index (χ2n) is 8.06. The number of carbonyl (C=O) groups excluding carboxylic acids is 1. The Balaban J connectivity index is 1.49. The van der Waals surface area contributed by atoms with E-state index in [0.717, 1.165) is 17.0 Å². The molecule has 11 heteroatoms. The van der Waals surface area contributed by atoms with Crippen LogP contribution in [0.4, 0.5) is 5.69 Å². The van der Waals surface area contributed by atoms with Gasteiger partial charge in [0, 0.05) is 36.7 Å². The van der Waals surface area contributed by atoms with Crippen molar-refractivity contribution >= 4 is 43.2 Å². The molecule has 1 amide bonds. The summed E-state index contributed by atoms with van der Waals surface area (Å²) in [6, 6.07) is 6.21. The number of thiophene rings is 1. The molecule has 1 aliphatic rings. The van der Waals surface area contributed by atoms with E-state index in [4.69, 9.17) is 0 Å². The van der Waals surface area contributed by atoms with Gasteiger partial charge in [-0.25, -0.2) is 13.4 Å². The maximum absolute atomic E-state index is 13.1. The predicted molar refractivity (Wildman–Crippen MR) is 129 cm³/mol. The zero-order valence-electron chi connectivity index (χ0n) is 18.9. The molecule has 1 N–H and O–H groups in total. The minimum absolute atomic E-state index is 0.134. The summed E-state index contributed by atoms with van der Waals surface area (Å²) in [5.41, 5.74) is 0.970. The fourth-order valence-corrected chi connectivity index (χ4v) is 6.36. The van der Waals surface area contributed by atoms with Gasteiger partial charge in [-0.1, -0.05) is 13.0 Å².